The van der Waals surface area contributed by atoms with Crippen LogP contribution in [0.5, 0.6) is 0 Å². The molecule has 542 valence electrons. The number of alkyl halides is 3. The zero-order valence-corrected chi connectivity index (χ0v) is 59.0. The van der Waals surface area contributed by atoms with Gasteiger partial charge in [-0.05, 0) is 93.7 Å². The summed E-state index contributed by atoms with van der Waals surface area (Å²) < 4.78 is 52.8. The van der Waals surface area contributed by atoms with Gasteiger partial charge in [0.05, 0.1) is 56.5 Å². The van der Waals surface area contributed by atoms with Gasteiger partial charge in [-0.3, -0.25) is 57.5 Å². The summed E-state index contributed by atoms with van der Waals surface area (Å²) in [5.74, 6) is -9.29. The summed E-state index contributed by atoms with van der Waals surface area (Å²) in [6.07, 6.45) is 0.409. The third-order valence-electron chi connectivity index (χ3n) is 20.0. The first kappa shape index (κ1) is 78.9. The van der Waals surface area contributed by atoms with Crippen LogP contribution in [-0.2, 0) is 79.6 Å². The number of nitrogens with zero attached hydrogens (tertiary/aromatic N) is 9. The molecule has 0 radical (unpaired) electrons. The van der Waals surface area contributed by atoms with Crippen LogP contribution in [0, 0.1) is 11.8 Å². The van der Waals surface area contributed by atoms with E-state index >= 15 is 19.2 Å². The van der Waals surface area contributed by atoms with Crippen LogP contribution in [0.3, 0.4) is 0 Å². The Hall–Kier alpha value is -7.14. The quantitative estimate of drug-likeness (QED) is 0.254. The fourth-order valence-electron chi connectivity index (χ4n) is 13.8. The van der Waals surface area contributed by atoms with E-state index in [-0.39, 0.29) is 90.2 Å². The summed E-state index contributed by atoms with van der Waals surface area (Å²) >= 11 is 6.12. The standard InChI is InChI=1S/C67H102ClF3N12O14/c1-12-33-97-41-51-61(91)76(6)38-52(84)72-47(27-25-43-24-26-45(46(68)36-43)67(69,70)71)60(90)83-30-20-23-49(83)59(89)74-66(28-18-19-29-66)65(95)81(11)57(44-21-16-15-17-22-44)64(94)80(10)50(62(92)82-31-34-96-35-32-82)37-53(85)78(8)48(14-3)58(88)73-56(42(4)13-2)63(93)77(7)39-54(86)75(5)40-55(87)79(51)9/h24,26,36,42,44,47-51,56-57H,12-23,25,27-35,37-41H2,1-11H3,(H,72,84)(H,73,88)(H,74,89)/t42-,47-,48-,49-,50-,51-,56-,57-/m0/s1. The van der Waals surface area contributed by atoms with Gasteiger partial charge in [0.2, 0.25) is 70.9 Å². The van der Waals surface area contributed by atoms with Crippen molar-refractivity contribution in [3.63, 3.8) is 0 Å². The van der Waals surface area contributed by atoms with Crippen molar-refractivity contribution < 1.29 is 80.2 Å². The molecule has 2 aliphatic carbocycles. The highest BCUT2D eigenvalue weighted by molar-refractivity contribution is 6.31. The van der Waals surface area contributed by atoms with Crippen molar-refractivity contribution in [3.05, 3.63) is 34.3 Å². The molecule has 26 nitrogen and oxygen atoms in total. The van der Waals surface area contributed by atoms with Crippen LogP contribution in [-0.4, -0.2) is 278 Å². The van der Waals surface area contributed by atoms with Crippen molar-refractivity contribution in [2.24, 2.45) is 11.8 Å². The Labute approximate surface area is 572 Å². The smallest absolute Gasteiger partial charge is 0.379 e. The van der Waals surface area contributed by atoms with Crippen molar-refractivity contribution in [2.75, 3.05) is 115 Å². The minimum Gasteiger partial charge on any atom is -0.379 e. The molecule has 3 heterocycles. The lowest BCUT2D eigenvalue weighted by molar-refractivity contribution is -0.158. The van der Waals surface area contributed by atoms with Gasteiger partial charge in [-0.25, -0.2) is 0 Å². The normalized spacial score (nSPS) is 26.2. The summed E-state index contributed by atoms with van der Waals surface area (Å²) in [6, 6.07) is -6.00. The highest BCUT2D eigenvalue weighted by Crippen LogP contribution is 2.38. The maximum atomic E-state index is 15.7. The molecule has 5 aliphatic rings. The van der Waals surface area contributed by atoms with Crippen LogP contribution < -0.4 is 16.0 Å². The highest BCUT2D eigenvalue weighted by Gasteiger charge is 2.51. The molecule has 3 saturated heterocycles. The van der Waals surface area contributed by atoms with Gasteiger partial charge in [0.25, 0.3) is 0 Å². The molecular formula is C67H102ClF3N12O14. The number of ether oxygens (including phenoxy) is 2. The molecule has 0 bridgehead atoms. The number of carbonyl (C=O) groups excluding carboxylic acids is 12. The Bertz CT molecular complexity index is 3000. The van der Waals surface area contributed by atoms with E-state index in [0.29, 0.717) is 44.9 Å². The van der Waals surface area contributed by atoms with Gasteiger partial charge in [0.1, 0.15) is 47.8 Å². The predicted molar refractivity (Wildman–Crippen MR) is 351 cm³/mol. The second-order valence-corrected chi connectivity index (χ2v) is 27.2. The lowest BCUT2D eigenvalue weighted by atomic mass is 9.81. The van der Waals surface area contributed by atoms with Gasteiger partial charge in [-0.2, -0.15) is 13.2 Å². The summed E-state index contributed by atoms with van der Waals surface area (Å²) in [5, 5.41) is 7.98. The molecule has 8 atom stereocenters. The van der Waals surface area contributed by atoms with Crippen LogP contribution in [0.1, 0.15) is 142 Å². The Morgan fingerprint density at radius 3 is 1.93 bits per heavy atom. The van der Waals surface area contributed by atoms with Crippen molar-refractivity contribution in [2.45, 2.75) is 191 Å². The Morgan fingerprint density at radius 1 is 0.691 bits per heavy atom. The first-order valence-electron chi connectivity index (χ1n) is 34.1. The van der Waals surface area contributed by atoms with Gasteiger partial charge >= 0.3 is 6.18 Å². The van der Waals surface area contributed by atoms with Crippen LogP contribution >= 0.6 is 11.6 Å². The number of halogens is 4. The average Bonchev–Trinajstić information content (AvgIpc) is 1.71. The summed E-state index contributed by atoms with van der Waals surface area (Å²) in [7, 11) is 9.58. The van der Waals surface area contributed by atoms with Crippen LogP contribution in [0.2, 0.25) is 5.02 Å². The van der Waals surface area contributed by atoms with E-state index < -0.39 is 173 Å². The zero-order chi connectivity index (χ0) is 71.8. The number of likely N-dealkylation sites (N-methyl/N-ethyl adjacent to an activating group) is 7. The number of hydrogen-bond donors (Lipinski definition) is 3. The van der Waals surface area contributed by atoms with E-state index in [0.717, 1.165) is 51.0 Å². The second kappa shape index (κ2) is 35.6. The molecule has 1 aromatic carbocycles. The molecule has 0 unspecified atom stereocenters. The van der Waals surface area contributed by atoms with Crippen molar-refractivity contribution in [1.82, 2.24) is 60.0 Å². The molecule has 1 aromatic rings. The number of nitrogens with one attached hydrogen (secondary N) is 3. The maximum absolute atomic E-state index is 15.7. The maximum Gasteiger partial charge on any atom is 0.417 e. The van der Waals surface area contributed by atoms with Crippen molar-refractivity contribution >= 4 is 82.5 Å². The molecule has 30 heteroatoms. The molecule has 3 N–H and O–H groups in total. The van der Waals surface area contributed by atoms with Gasteiger partial charge in [-0.15, -0.1) is 0 Å². The number of hydrogen-bond acceptors (Lipinski definition) is 14. The van der Waals surface area contributed by atoms with E-state index in [1.807, 2.05) is 6.92 Å². The average molecular weight is 1390 g/mol. The highest BCUT2D eigenvalue weighted by atomic mass is 35.5. The summed E-state index contributed by atoms with van der Waals surface area (Å²) in [6.45, 7) is 5.71. The largest absolute Gasteiger partial charge is 0.417 e. The number of fused-ring (bicyclic) bond motifs is 1. The summed E-state index contributed by atoms with van der Waals surface area (Å²) in [5.41, 5.74) is -2.39. The zero-order valence-electron chi connectivity index (χ0n) is 58.3. The fourth-order valence-corrected chi connectivity index (χ4v) is 14.1. The molecule has 0 aromatic heterocycles. The van der Waals surface area contributed by atoms with E-state index in [1.165, 1.54) is 79.9 Å². The first-order valence-corrected chi connectivity index (χ1v) is 34.5. The lowest BCUT2D eigenvalue weighted by Crippen LogP contribution is -2.65. The molecule has 3 aliphatic heterocycles. The molecule has 1 spiro atoms. The topological polar surface area (TPSA) is 289 Å². The van der Waals surface area contributed by atoms with Gasteiger partial charge in [0, 0.05) is 75.6 Å². The third kappa shape index (κ3) is 19.8. The van der Waals surface area contributed by atoms with E-state index in [9.17, 15) is 51.5 Å². The first-order chi connectivity index (χ1) is 45.8. The van der Waals surface area contributed by atoms with E-state index in [1.54, 1.807) is 20.8 Å². The number of amides is 12. The molecule has 5 fully saturated rings. The number of carbonyl (C=O) groups is 12. The van der Waals surface area contributed by atoms with Gasteiger partial charge < -0.3 is 69.5 Å². The minimum atomic E-state index is -4.77. The number of morpholine rings is 1. The molecule has 12 amide bonds. The SMILES string of the molecule is CCCOC[C@H]1C(=O)N(C)CC(=O)N[C@@H](CCc2ccc(C(F)(F)F)c(Cl)c2)C(=O)N2CCC[C@H]2C(=O)NC2(CCCC2)C(=O)N(C)[C@@H](C2CCCCC2)C(=O)N(C)[C@H](C(=O)N2CCOCC2)CC(=O)N(C)[C@@H](CC)C(=O)N[C@@H]([C@@H](C)CC)C(=O)N(C)CC(=O)N(C)CC(=O)N1C. The Morgan fingerprint density at radius 2 is 1.32 bits per heavy atom. The van der Waals surface area contributed by atoms with Gasteiger partial charge in [-0.1, -0.05) is 83.9 Å². The van der Waals surface area contributed by atoms with Crippen LogP contribution in [0.25, 0.3) is 0 Å². The number of aryl methyl sites for hydroxylation is 1. The monoisotopic (exact) mass is 1390 g/mol. The van der Waals surface area contributed by atoms with Crippen LogP contribution in [0.15, 0.2) is 18.2 Å². The fraction of sp³-hybridized carbons (Fsp3) is 0.731. The summed E-state index contributed by atoms with van der Waals surface area (Å²) in [4.78, 5) is 188. The predicted octanol–water partition coefficient (Wildman–Crippen LogP) is 3.09. The number of benzene rings is 1. The Kier molecular flexibility index (Phi) is 28.9. The third-order valence-corrected chi connectivity index (χ3v) is 20.4. The van der Waals surface area contributed by atoms with Gasteiger partial charge in [0.15, 0.2) is 0 Å². The second-order valence-electron chi connectivity index (χ2n) is 26.8. The molecule has 6 rings (SSSR count). The molecular weight excluding hydrogens is 1290 g/mol. The van der Waals surface area contributed by atoms with Crippen molar-refractivity contribution in [1.29, 1.82) is 0 Å². The molecule has 97 heavy (non-hydrogen) atoms. The van der Waals surface area contributed by atoms with E-state index in [2.05, 4.69) is 16.0 Å². The van der Waals surface area contributed by atoms with Crippen molar-refractivity contribution in [3.8, 4) is 0 Å². The molecule has 2 saturated carbocycles. The number of rotatable bonds is 12. The van der Waals surface area contributed by atoms with Crippen LogP contribution in [0.4, 0.5) is 13.2 Å². The Balaban J connectivity index is 1.42. The lowest BCUT2D eigenvalue weighted by Gasteiger charge is -2.43. The minimum absolute atomic E-state index is 0.0161. The van der Waals surface area contributed by atoms with E-state index in [4.69, 9.17) is 21.1 Å².